The molecule has 1 aromatic carbocycles. The third-order valence-corrected chi connectivity index (χ3v) is 5.31. The molecule has 1 aliphatic rings. The van der Waals surface area contributed by atoms with Crippen LogP contribution in [0, 0.1) is 0 Å². The summed E-state index contributed by atoms with van der Waals surface area (Å²) in [5.74, 6) is 1.13. The van der Waals surface area contributed by atoms with Crippen molar-refractivity contribution in [3.05, 3.63) is 60.3 Å². The van der Waals surface area contributed by atoms with E-state index in [1.165, 1.54) is 5.56 Å². The Kier molecular flexibility index (Phi) is 6.82. The highest BCUT2D eigenvalue weighted by molar-refractivity contribution is 5.81. The lowest BCUT2D eigenvalue weighted by atomic mass is 10.0. The third-order valence-electron chi connectivity index (χ3n) is 5.31. The van der Waals surface area contributed by atoms with Gasteiger partial charge in [0.05, 0.1) is 12.1 Å². The molecule has 2 aromatic rings. The zero-order valence-corrected chi connectivity index (χ0v) is 16.3. The molecule has 3 rings (SSSR count). The number of hydrogen-bond donors (Lipinski definition) is 1. The van der Waals surface area contributed by atoms with Crippen molar-refractivity contribution in [2.24, 2.45) is 0 Å². The van der Waals surface area contributed by atoms with Crippen LogP contribution in [0.5, 0.6) is 0 Å². The SMILES string of the molecule is CCCC(NC(=O)C(C)N1CCN(c2ccccn2)CC1)c1ccccc1. The fourth-order valence-electron chi connectivity index (χ4n) is 3.63. The first-order chi connectivity index (χ1) is 13.2. The Labute approximate surface area is 162 Å². The van der Waals surface area contributed by atoms with Crippen LogP contribution in [0.4, 0.5) is 5.82 Å². The molecule has 27 heavy (non-hydrogen) atoms. The van der Waals surface area contributed by atoms with E-state index in [9.17, 15) is 4.79 Å². The average molecular weight is 367 g/mol. The summed E-state index contributed by atoms with van der Waals surface area (Å²) < 4.78 is 0. The van der Waals surface area contributed by atoms with E-state index in [0.29, 0.717) is 0 Å². The summed E-state index contributed by atoms with van der Waals surface area (Å²) in [4.78, 5) is 21.9. The highest BCUT2D eigenvalue weighted by Gasteiger charge is 2.27. The van der Waals surface area contributed by atoms with E-state index in [1.807, 2.05) is 49.5 Å². The van der Waals surface area contributed by atoms with Crippen molar-refractivity contribution >= 4 is 11.7 Å². The molecule has 0 bridgehead atoms. The number of carbonyl (C=O) groups is 1. The minimum absolute atomic E-state index is 0.0842. The fourth-order valence-corrected chi connectivity index (χ4v) is 3.63. The number of amides is 1. The van der Waals surface area contributed by atoms with E-state index in [4.69, 9.17) is 0 Å². The number of piperazine rings is 1. The van der Waals surface area contributed by atoms with Crippen LogP contribution >= 0.6 is 0 Å². The minimum atomic E-state index is -0.126. The normalized spacial score (nSPS) is 17.3. The van der Waals surface area contributed by atoms with Crippen LogP contribution in [-0.2, 0) is 4.79 Å². The Morgan fingerprint density at radius 3 is 2.41 bits per heavy atom. The van der Waals surface area contributed by atoms with Crippen molar-refractivity contribution in [2.45, 2.75) is 38.8 Å². The van der Waals surface area contributed by atoms with Gasteiger partial charge in [-0.3, -0.25) is 9.69 Å². The van der Waals surface area contributed by atoms with Gasteiger partial charge in [0.25, 0.3) is 0 Å². The first kappa shape index (κ1) is 19.4. The van der Waals surface area contributed by atoms with Crippen molar-refractivity contribution in [1.82, 2.24) is 15.2 Å². The molecule has 5 nitrogen and oxygen atoms in total. The second-order valence-electron chi connectivity index (χ2n) is 7.15. The molecule has 1 fully saturated rings. The number of carbonyl (C=O) groups excluding carboxylic acids is 1. The van der Waals surface area contributed by atoms with Gasteiger partial charge in [0, 0.05) is 32.4 Å². The topological polar surface area (TPSA) is 48.5 Å². The van der Waals surface area contributed by atoms with Gasteiger partial charge in [-0.2, -0.15) is 0 Å². The molecule has 2 heterocycles. The van der Waals surface area contributed by atoms with Crippen LogP contribution in [0.15, 0.2) is 54.7 Å². The third kappa shape index (κ3) is 5.07. The van der Waals surface area contributed by atoms with Crippen LogP contribution < -0.4 is 10.2 Å². The summed E-state index contributed by atoms with van der Waals surface area (Å²) in [5, 5.41) is 3.27. The molecule has 144 valence electrons. The van der Waals surface area contributed by atoms with Crippen molar-refractivity contribution in [2.75, 3.05) is 31.1 Å². The molecular weight excluding hydrogens is 336 g/mol. The zero-order valence-electron chi connectivity index (χ0n) is 16.3. The number of nitrogens with zero attached hydrogens (tertiary/aromatic N) is 3. The number of hydrogen-bond acceptors (Lipinski definition) is 4. The first-order valence-corrected chi connectivity index (χ1v) is 9.94. The summed E-state index contributed by atoms with van der Waals surface area (Å²) in [6, 6.07) is 16.2. The number of pyridine rings is 1. The van der Waals surface area contributed by atoms with Crippen LogP contribution in [0.3, 0.4) is 0 Å². The second kappa shape index (κ2) is 9.51. The number of benzene rings is 1. The Balaban J connectivity index is 1.55. The van der Waals surface area contributed by atoms with E-state index >= 15 is 0 Å². The molecule has 1 amide bonds. The second-order valence-corrected chi connectivity index (χ2v) is 7.15. The van der Waals surface area contributed by atoms with Crippen LogP contribution in [0.1, 0.15) is 38.3 Å². The first-order valence-electron chi connectivity index (χ1n) is 9.94. The predicted octanol–water partition coefficient (Wildman–Crippen LogP) is 3.25. The number of nitrogens with one attached hydrogen (secondary N) is 1. The molecule has 5 heteroatoms. The number of aromatic nitrogens is 1. The molecule has 0 radical (unpaired) electrons. The smallest absolute Gasteiger partial charge is 0.237 e. The van der Waals surface area contributed by atoms with Crippen LogP contribution in [0.25, 0.3) is 0 Å². The lowest BCUT2D eigenvalue weighted by molar-refractivity contribution is -0.126. The van der Waals surface area contributed by atoms with Crippen LogP contribution in [-0.4, -0.2) is 48.0 Å². The van der Waals surface area contributed by atoms with Crippen molar-refractivity contribution in [3.8, 4) is 0 Å². The molecule has 0 aliphatic carbocycles. The highest BCUT2D eigenvalue weighted by atomic mass is 16.2. The largest absolute Gasteiger partial charge is 0.354 e. The average Bonchev–Trinajstić information content (AvgIpc) is 2.74. The fraction of sp³-hybridized carbons (Fsp3) is 0.455. The molecule has 2 unspecified atom stereocenters. The van der Waals surface area contributed by atoms with E-state index in [-0.39, 0.29) is 18.0 Å². The van der Waals surface area contributed by atoms with E-state index < -0.39 is 0 Å². The molecular formula is C22H30N4O. The molecule has 1 aromatic heterocycles. The Morgan fingerprint density at radius 2 is 1.78 bits per heavy atom. The number of rotatable bonds is 7. The minimum Gasteiger partial charge on any atom is -0.354 e. The molecule has 0 saturated carbocycles. The van der Waals surface area contributed by atoms with Crippen molar-refractivity contribution in [3.63, 3.8) is 0 Å². The van der Waals surface area contributed by atoms with Gasteiger partial charge in [-0.25, -0.2) is 4.98 Å². The van der Waals surface area contributed by atoms with Gasteiger partial charge in [0.15, 0.2) is 0 Å². The van der Waals surface area contributed by atoms with E-state index in [0.717, 1.165) is 44.8 Å². The summed E-state index contributed by atoms with van der Waals surface area (Å²) in [5.41, 5.74) is 1.18. The summed E-state index contributed by atoms with van der Waals surface area (Å²) >= 11 is 0. The van der Waals surface area contributed by atoms with Gasteiger partial charge >= 0.3 is 0 Å². The Hall–Kier alpha value is -2.40. The van der Waals surface area contributed by atoms with Gasteiger partial charge in [-0.05, 0) is 31.0 Å². The quantitative estimate of drug-likeness (QED) is 0.817. The lowest BCUT2D eigenvalue weighted by Crippen LogP contribution is -2.54. The molecule has 1 saturated heterocycles. The highest BCUT2D eigenvalue weighted by Crippen LogP contribution is 2.19. The van der Waals surface area contributed by atoms with E-state index in [1.54, 1.807) is 0 Å². The predicted molar refractivity (Wildman–Crippen MR) is 110 cm³/mol. The number of anilines is 1. The molecule has 1 N–H and O–H groups in total. The maximum atomic E-state index is 12.9. The summed E-state index contributed by atoms with van der Waals surface area (Å²) in [7, 11) is 0. The maximum absolute atomic E-state index is 12.9. The Morgan fingerprint density at radius 1 is 1.07 bits per heavy atom. The summed E-state index contributed by atoms with van der Waals surface area (Å²) in [6.45, 7) is 7.70. The van der Waals surface area contributed by atoms with Crippen LogP contribution in [0.2, 0.25) is 0 Å². The van der Waals surface area contributed by atoms with Crippen molar-refractivity contribution < 1.29 is 4.79 Å². The van der Waals surface area contributed by atoms with Crippen molar-refractivity contribution in [1.29, 1.82) is 0 Å². The molecule has 1 aliphatic heterocycles. The zero-order chi connectivity index (χ0) is 19.1. The standard InChI is InChI=1S/C22H30N4O/c1-3-9-20(19-10-5-4-6-11-19)24-22(27)18(2)25-14-16-26(17-15-25)21-12-7-8-13-23-21/h4-8,10-13,18,20H,3,9,14-17H2,1-2H3,(H,24,27). The Bertz CT molecular complexity index is 699. The summed E-state index contributed by atoms with van der Waals surface area (Å²) in [6.07, 6.45) is 3.82. The maximum Gasteiger partial charge on any atom is 0.237 e. The van der Waals surface area contributed by atoms with Gasteiger partial charge in [0.1, 0.15) is 5.82 Å². The van der Waals surface area contributed by atoms with Gasteiger partial charge in [-0.15, -0.1) is 0 Å². The van der Waals surface area contributed by atoms with E-state index in [2.05, 4.69) is 39.2 Å². The van der Waals surface area contributed by atoms with Gasteiger partial charge < -0.3 is 10.2 Å². The lowest BCUT2D eigenvalue weighted by Gasteiger charge is -2.38. The molecule has 2 atom stereocenters. The van der Waals surface area contributed by atoms with Gasteiger partial charge in [-0.1, -0.05) is 49.7 Å². The van der Waals surface area contributed by atoms with Gasteiger partial charge in [0.2, 0.25) is 5.91 Å². The molecule has 0 spiro atoms. The monoisotopic (exact) mass is 366 g/mol.